The molecule has 2 aromatic rings. The van der Waals surface area contributed by atoms with E-state index in [1.807, 2.05) is 0 Å². The minimum absolute atomic E-state index is 0.0777. The van der Waals surface area contributed by atoms with Gasteiger partial charge < -0.3 is 15.4 Å². The fraction of sp³-hybridized carbons (Fsp3) is 0.300. The summed E-state index contributed by atoms with van der Waals surface area (Å²) >= 11 is 5.94. The highest BCUT2D eigenvalue weighted by Crippen LogP contribution is 2.32. The maximum Gasteiger partial charge on any atom is 0.262 e. The van der Waals surface area contributed by atoms with Crippen LogP contribution < -0.4 is 15.4 Å². The van der Waals surface area contributed by atoms with Crippen LogP contribution in [0.2, 0.25) is 5.02 Å². The monoisotopic (exact) mass is 449 g/mol. The summed E-state index contributed by atoms with van der Waals surface area (Å²) < 4.78 is 32.7. The highest BCUT2D eigenvalue weighted by atomic mass is 35.5. The van der Waals surface area contributed by atoms with E-state index >= 15 is 0 Å². The van der Waals surface area contributed by atoms with E-state index in [1.54, 1.807) is 24.3 Å². The molecule has 0 aliphatic carbocycles. The number of hydrogen-bond donors (Lipinski definition) is 2. The lowest BCUT2D eigenvalue weighted by molar-refractivity contribution is -0.121. The number of carbonyl (C=O) groups is 2. The van der Waals surface area contributed by atoms with Crippen molar-refractivity contribution in [2.45, 2.75) is 17.7 Å². The molecule has 0 spiro atoms. The van der Waals surface area contributed by atoms with Gasteiger partial charge in [0.2, 0.25) is 15.9 Å². The average molecular weight is 450 g/mol. The van der Waals surface area contributed by atoms with Crippen LogP contribution in [0.15, 0.2) is 47.4 Å². The van der Waals surface area contributed by atoms with E-state index in [0.717, 1.165) is 0 Å². The lowest BCUT2D eigenvalue weighted by Gasteiger charge is -2.31. The molecule has 0 unspecified atom stereocenters. The Balaban J connectivity index is 1.41. The zero-order chi connectivity index (χ0) is 21.3. The molecule has 0 radical (unpaired) electrons. The van der Waals surface area contributed by atoms with Gasteiger partial charge in [0, 0.05) is 29.7 Å². The molecule has 2 heterocycles. The lowest BCUT2D eigenvalue weighted by Crippen LogP contribution is -2.41. The molecule has 158 valence electrons. The first-order valence-electron chi connectivity index (χ1n) is 9.46. The molecular weight excluding hydrogens is 430 g/mol. The zero-order valence-corrected chi connectivity index (χ0v) is 17.5. The number of rotatable bonds is 4. The molecular formula is C20H20ClN3O5S. The van der Waals surface area contributed by atoms with Gasteiger partial charge in [-0.1, -0.05) is 17.7 Å². The van der Waals surface area contributed by atoms with E-state index in [-0.39, 0.29) is 42.3 Å². The molecule has 2 aromatic carbocycles. The van der Waals surface area contributed by atoms with Crippen molar-refractivity contribution in [3.8, 4) is 5.75 Å². The third-order valence-corrected chi connectivity index (χ3v) is 7.27. The first-order valence-corrected chi connectivity index (χ1v) is 11.3. The van der Waals surface area contributed by atoms with E-state index in [1.165, 1.54) is 22.5 Å². The van der Waals surface area contributed by atoms with Crippen LogP contribution in [0.25, 0.3) is 0 Å². The van der Waals surface area contributed by atoms with Gasteiger partial charge in [0.1, 0.15) is 5.75 Å². The quantitative estimate of drug-likeness (QED) is 0.746. The summed E-state index contributed by atoms with van der Waals surface area (Å²) in [6.07, 6.45) is 0.826. The Morgan fingerprint density at radius 1 is 1.17 bits per heavy atom. The van der Waals surface area contributed by atoms with Crippen molar-refractivity contribution < 1.29 is 22.7 Å². The minimum Gasteiger partial charge on any atom is -0.482 e. The summed E-state index contributed by atoms with van der Waals surface area (Å²) in [5.74, 6) is -0.330. The summed E-state index contributed by atoms with van der Waals surface area (Å²) in [4.78, 5) is 24.1. The van der Waals surface area contributed by atoms with E-state index < -0.39 is 10.0 Å². The van der Waals surface area contributed by atoms with Gasteiger partial charge in [-0.25, -0.2) is 8.42 Å². The molecule has 0 bridgehead atoms. The molecule has 10 heteroatoms. The predicted octanol–water partition coefficient (Wildman–Crippen LogP) is 2.71. The predicted molar refractivity (Wildman–Crippen MR) is 112 cm³/mol. The van der Waals surface area contributed by atoms with Crippen molar-refractivity contribution in [1.82, 2.24) is 4.31 Å². The second-order valence-corrected chi connectivity index (χ2v) is 9.55. The van der Waals surface area contributed by atoms with Crippen LogP contribution >= 0.6 is 11.6 Å². The molecule has 0 saturated carbocycles. The number of halogens is 1. The number of fused-ring (bicyclic) bond motifs is 1. The molecule has 0 aromatic heterocycles. The Morgan fingerprint density at radius 3 is 2.67 bits per heavy atom. The van der Waals surface area contributed by atoms with Crippen LogP contribution in [0, 0.1) is 5.92 Å². The number of nitrogens with zero attached hydrogens (tertiary/aromatic N) is 1. The SMILES string of the molecule is O=C1COc2ccc(S(=O)(=O)N3CCC(C(=O)Nc4cccc(Cl)c4)CC3)cc2N1. The first-order chi connectivity index (χ1) is 14.3. The third kappa shape index (κ3) is 4.28. The maximum atomic E-state index is 13.0. The second kappa shape index (κ2) is 8.25. The van der Waals surface area contributed by atoms with Crippen LogP contribution in [0.1, 0.15) is 12.8 Å². The number of carbonyl (C=O) groups excluding carboxylic acids is 2. The molecule has 8 nitrogen and oxygen atoms in total. The largest absolute Gasteiger partial charge is 0.482 e. The summed E-state index contributed by atoms with van der Waals surface area (Å²) in [6.45, 7) is 0.371. The Bertz CT molecular complexity index is 1100. The van der Waals surface area contributed by atoms with Crippen LogP contribution in [0.5, 0.6) is 5.75 Å². The van der Waals surface area contributed by atoms with Crippen molar-refractivity contribution in [2.24, 2.45) is 5.92 Å². The fourth-order valence-corrected chi connectivity index (χ4v) is 5.23. The van der Waals surface area contributed by atoms with Gasteiger partial charge in [-0.15, -0.1) is 0 Å². The Labute approximate surface area is 179 Å². The number of nitrogens with one attached hydrogen (secondary N) is 2. The Hall–Kier alpha value is -2.62. The van der Waals surface area contributed by atoms with Crippen molar-refractivity contribution in [1.29, 1.82) is 0 Å². The fourth-order valence-electron chi connectivity index (χ4n) is 3.54. The number of piperidine rings is 1. The van der Waals surface area contributed by atoms with Crippen molar-refractivity contribution in [2.75, 3.05) is 30.3 Å². The Morgan fingerprint density at radius 2 is 1.93 bits per heavy atom. The molecule has 2 amide bonds. The minimum atomic E-state index is -3.75. The molecule has 1 fully saturated rings. The van der Waals surface area contributed by atoms with Crippen LogP contribution in [0.4, 0.5) is 11.4 Å². The van der Waals surface area contributed by atoms with Gasteiger partial charge in [-0.3, -0.25) is 9.59 Å². The summed E-state index contributed by atoms with van der Waals surface area (Å²) in [5.41, 5.74) is 0.948. The normalized spacial score (nSPS) is 17.6. The lowest BCUT2D eigenvalue weighted by atomic mass is 9.97. The zero-order valence-electron chi connectivity index (χ0n) is 15.9. The van der Waals surface area contributed by atoms with E-state index in [0.29, 0.717) is 35.0 Å². The van der Waals surface area contributed by atoms with Gasteiger partial charge in [-0.05, 0) is 49.2 Å². The van der Waals surface area contributed by atoms with E-state index in [4.69, 9.17) is 16.3 Å². The van der Waals surface area contributed by atoms with E-state index in [9.17, 15) is 18.0 Å². The van der Waals surface area contributed by atoms with Crippen LogP contribution in [-0.4, -0.2) is 44.2 Å². The highest BCUT2D eigenvalue weighted by Gasteiger charge is 2.33. The van der Waals surface area contributed by atoms with Gasteiger partial charge >= 0.3 is 0 Å². The molecule has 2 aliphatic rings. The van der Waals surface area contributed by atoms with Crippen molar-refractivity contribution >= 4 is 44.8 Å². The number of sulfonamides is 1. The van der Waals surface area contributed by atoms with Gasteiger partial charge in [0.25, 0.3) is 5.91 Å². The van der Waals surface area contributed by atoms with Crippen LogP contribution in [-0.2, 0) is 19.6 Å². The molecule has 1 saturated heterocycles. The second-order valence-electron chi connectivity index (χ2n) is 7.17. The van der Waals surface area contributed by atoms with E-state index in [2.05, 4.69) is 10.6 Å². The molecule has 30 heavy (non-hydrogen) atoms. The smallest absolute Gasteiger partial charge is 0.262 e. The highest BCUT2D eigenvalue weighted by molar-refractivity contribution is 7.89. The van der Waals surface area contributed by atoms with Crippen molar-refractivity contribution in [3.05, 3.63) is 47.5 Å². The number of hydrogen-bond acceptors (Lipinski definition) is 5. The molecule has 4 rings (SSSR count). The van der Waals surface area contributed by atoms with Crippen LogP contribution in [0.3, 0.4) is 0 Å². The first kappa shape index (κ1) is 20.6. The molecule has 2 aliphatic heterocycles. The topological polar surface area (TPSA) is 105 Å². The third-order valence-electron chi connectivity index (χ3n) is 5.14. The standard InChI is InChI=1S/C20H20ClN3O5S/c21-14-2-1-3-15(10-14)22-20(26)13-6-8-24(9-7-13)30(27,28)16-4-5-18-17(11-16)23-19(25)12-29-18/h1-5,10-11,13H,6-9,12H2,(H,22,26)(H,23,25). The van der Waals surface area contributed by atoms with Gasteiger partial charge in [-0.2, -0.15) is 4.31 Å². The molecule has 0 atom stereocenters. The number of amides is 2. The summed E-state index contributed by atoms with van der Waals surface area (Å²) in [5, 5.41) is 5.97. The van der Waals surface area contributed by atoms with Gasteiger partial charge in [0.05, 0.1) is 10.6 Å². The van der Waals surface area contributed by atoms with Crippen molar-refractivity contribution in [3.63, 3.8) is 0 Å². The Kier molecular flexibility index (Phi) is 5.68. The average Bonchev–Trinajstić information content (AvgIpc) is 2.73. The maximum absolute atomic E-state index is 13.0. The summed E-state index contributed by atoms with van der Waals surface area (Å²) in [7, 11) is -3.75. The number of benzene rings is 2. The van der Waals surface area contributed by atoms with Gasteiger partial charge in [0.15, 0.2) is 6.61 Å². The molecule has 2 N–H and O–H groups in total. The number of ether oxygens (including phenoxy) is 1. The number of anilines is 2. The summed E-state index contributed by atoms with van der Waals surface area (Å²) in [6, 6.07) is 11.3.